The highest BCUT2D eigenvalue weighted by Crippen LogP contribution is 2.35. The molecule has 0 spiro atoms. The molecule has 0 aliphatic rings. The molecule has 1 heterocycles. The summed E-state index contributed by atoms with van der Waals surface area (Å²) in [7, 11) is -3.68. The van der Waals surface area contributed by atoms with E-state index < -0.39 is 10.0 Å². The van der Waals surface area contributed by atoms with Gasteiger partial charge >= 0.3 is 0 Å². The number of hydrogen-bond acceptors (Lipinski definition) is 3. The van der Waals surface area contributed by atoms with Gasteiger partial charge in [0, 0.05) is 16.7 Å². The number of benzene rings is 2. The summed E-state index contributed by atoms with van der Waals surface area (Å²) in [4.78, 5) is 4.65. The van der Waals surface area contributed by atoms with Crippen LogP contribution in [0, 0.1) is 6.92 Å². The standard InChI is InChI=1S/C18H18N2O2S2/c1-12-11-20-18(14-3-7-15(23-2)8-4-14)17(12)13-5-9-16(10-6-13)24(19,21)22/h3-11,20H,1-2H3,(H2,19,21,22). The van der Waals surface area contributed by atoms with Crippen molar-refractivity contribution in [2.45, 2.75) is 16.7 Å². The Morgan fingerprint density at radius 2 is 1.54 bits per heavy atom. The quantitative estimate of drug-likeness (QED) is 0.692. The first-order valence-corrected chi connectivity index (χ1v) is 10.1. The molecule has 0 aliphatic carbocycles. The minimum Gasteiger partial charge on any atom is -0.360 e. The number of sulfonamides is 1. The summed E-state index contributed by atoms with van der Waals surface area (Å²) in [6.07, 6.45) is 4.01. The highest BCUT2D eigenvalue weighted by Gasteiger charge is 2.14. The van der Waals surface area contributed by atoms with Crippen LogP contribution in [0.2, 0.25) is 0 Å². The number of aromatic nitrogens is 1. The maximum Gasteiger partial charge on any atom is 0.238 e. The van der Waals surface area contributed by atoms with Gasteiger partial charge < -0.3 is 4.98 Å². The summed E-state index contributed by atoms with van der Waals surface area (Å²) in [6.45, 7) is 2.03. The molecule has 0 bridgehead atoms. The van der Waals surface area contributed by atoms with Crippen LogP contribution in [-0.2, 0) is 10.0 Å². The van der Waals surface area contributed by atoms with Crippen LogP contribution in [0.5, 0.6) is 0 Å². The Bertz CT molecular complexity index is 957. The number of H-pyrrole nitrogens is 1. The molecule has 2 aromatic carbocycles. The molecule has 24 heavy (non-hydrogen) atoms. The fourth-order valence-electron chi connectivity index (χ4n) is 2.69. The minimum absolute atomic E-state index is 0.116. The van der Waals surface area contributed by atoms with Crippen LogP contribution in [0.3, 0.4) is 0 Å². The van der Waals surface area contributed by atoms with Crippen LogP contribution in [0.25, 0.3) is 22.4 Å². The first kappa shape index (κ1) is 16.8. The van der Waals surface area contributed by atoms with E-state index in [1.54, 1.807) is 23.9 Å². The van der Waals surface area contributed by atoms with Gasteiger partial charge in [-0.05, 0) is 54.1 Å². The fourth-order valence-corrected chi connectivity index (χ4v) is 3.61. The summed E-state index contributed by atoms with van der Waals surface area (Å²) in [6, 6.07) is 15.0. The molecule has 0 radical (unpaired) electrons. The Hall–Kier alpha value is -2.02. The predicted octanol–water partition coefficient (Wildman–Crippen LogP) is 4.03. The third kappa shape index (κ3) is 3.26. The lowest BCUT2D eigenvalue weighted by Crippen LogP contribution is -2.11. The Morgan fingerprint density at radius 3 is 2.08 bits per heavy atom. The van der Waals surface area contributed by atoms with E-state index in [-0.39, 0.29) is 4.90 Å². The fraction of sp³-hybridized carbons (Fsp3) is 0.111. The zero-order valence-electron chi connectivity index (χ0n) is 13.4. The molecule has 0 aliphatic heterocycles. The van der Waals surface area contributed by atoms with E-state index in [9.17, 15) is 8.42 Å². The molecule has 1 aromatic heterocycles. The van der Waals surface area contributed by atoms with Crippen molar-refractivity contribution in [1.82, 2.24) is 4.98 Å². The first-order valence-electron chi connectivity index (χ1n) is 7.36. The van der Waals surface area contributed by atoms with Crippen molar-refractivity contribution in [3.05, 3.63) is 60.3 Å². The third-order valence-corrected chi connectivity index (χ3v) is 5.60. The van der Waals surface area contributed by atoms with Gasteiger partial charge in [-0.3, -0.25) is 0 Å². The van der Waals surface area contributed by atoms with Crippen molar-refractivity contribution in [1.29, 1.82) is 0 Å². The van der Waals surface area contributed by atoms with E-state index in [1.807, 2.05) is 19.4 Å². The van der Waals surface area contributed by atoms with E-state index in [4.69, 9.17) is 5.14 Å². The largest absolute Gasteiger partial charge is 0.360 e. The Morgan fingerprint density at radius 1 is 0.958 bits per heavy atom. The predicted molar refractivity (Wildman–Crippen MR) is 99.6 cm³/mol. The summed E-state index contributed by atoms with van der Waals surface area (Å²) in [5.74, 6) is 0. The number of aryl methyl sites for hydroxylation is 1. The van der Waals surface area contributed by atoms with Crippen molar-refractivity contribution in [2.24, 2.45) is 5.14 Å². The van der Waals surface area contributed by atoms with Crippen LogP contribution in [0.15, 0.2) is 64.5 Å². The van der Waals surface area contributed by atoms with Crippen molar-refractivity contribution < 1.29 is 8.42 Å². The summed E-state index contributed by atoms with van der Waals surface area (Å²) >= 11 is 1.70. The molecule has 3 aromatic rings. The summed E-state index contributed by atoms with van der Waals surface area (Å²) < 4.78 is 22.8. The molecule has 0 amide bonds. The highest BCUT2D eigenvalue weighted by atomic mass is 32.2. The topological polar surface area (TPSA) is 76.0 Å². The average molecular weight is 358 g/mol. The third-order valence-electron chi connectivity index (χ3n) is 3.93. The van der Waals surface area contributed by atoms with E-state index in [0.29, 0.717) is 0 Å². The SMILES string of the molecule is CSc1ccc(-c2[nH]cc(C)c2-c2ccc(S(N)(=O)=O)cc2)cc1. The van der Waals surface area contributed by atoms with Crippen molar-refractivity contribution in [3.8, 4) is 22.4 Å². The number of primary sulfonamides is 1. The average Bonchev–Trinajstić information content (AvgIpc) is 2.96. The zero-order chi connectivity index (χ0) is 17.3. The van der Waals surface area contributed by atoms with Gasteiger partial charge in [0.25, 0.3) is 0 Å². The molecule has 124 valence electrons. The van der Waals surface area contributed by atoms with Crippen molar-refractivity contribution in [2.75, 3.05) is 6.26 Å². The summed E-state index contributed by atoms with van der Waals surface area (Å²) in [5.41, 5.74) is 5.22. The number of aromatic amines is 1. The van der Waals surface area contributed by atoms with Gasteiger partial charge in [-0.2, -0.15) is 0 Å². The van der Waals surface area contributed by atoms with Crippen LogP contribution >= 0.6 is 11.8 Å². The van der Waals surface area contributed by atoms with Gasteiger partial charge in [0.1, 0.15) is 0 Å². The van der Waals surface area contributed by atoms with Crippen molar-refractivity contribution >= 4 is 21.8 Å². The van der Waals surface area contributed by atoms with E-state index in [2.05, 4.69) is 29.2 Å². The minimum atomic E-state index is -3.68. The molecule has 0 fully saturated rings. The lowest BCUT2D eigenvalue weighted by Gasteiger charge is -2.08. The molecule has 3 N–H and O–H groups in total. The lowest BCUT2D eigenvalue weighted by molar-refractivity contribution is 0.598. The molecule has 0 atom stereocenters. The number of rotatable bonds is 4. The smallest absolute Gasteiger partial charge is 0.238 e. The second-order valence-corrected chi connectivity index (χ2v) is 7.96. The van der Waals surface area contributed by atoms with Gasteiger partial charge in [-0.15, -0.1) is 11.8 Å². The normalized spacial score (nSPS) is 11.6. The molecule has 4 nitrogen and oxygen atoms in total. The first-order chi connectivity index (χ1) is 11.4. The second kappa shape index (κ2) is 6.47. The summed E-state index contributed by atoms with van der Waals surface area (Å²) in [5, 5.41) is 5.17. The molecule has 6 heteroatoms. The Balaban J connectivity index is 2.07. The van der Waals surface area contributed by atoms with Gasteiger partial charge in [-0.1, -0.05) is 24.3 Å². The Kier molecular flexibility index (Phi) is 4.54. The van der Waals surface area contributed by atoms with Crippen LogP contribution in [0.4, 0.5) is 0 Å². The van der Waals surface area contributed by atoms with Crippen LogP contribution in [0.1, 0.15) is 5.56 Å². The lowest BCUT2D eigenvalue weighted by atomic mass is 9.98. The molecular formula is C18H18N2O2S2. The monoisotopic (exact) mass is 358 g/mol. The van der Waals surface area contributed by atoms with Gasteiger partial charge in [-0.25, -0.2) is 13.6 Å². The van der Waals surface area contributed by atoms with Gasteiger partial charge in [0.05, 0.1) is 10.6 Å². The van der Waals surface area contributed by atoms with E-state index in [0.717, 1.165) is 27.9 Å². The number of nitrogens with two attached hydrogens (primary N) is 1. The molecule has 3 rings (SSSR count). The number of hydrogen-bond donors (Lipinski definition) is 2. The number of nitrogens with one attached hydrogen (secondary N) is 1. The molecule has 0 unspecified atom stereocenters. The maximum absolute atomic E-state index is 11.4. The number of thioether (sulfide) groups is 1. The maximum atomic E-state index is 11.4. The zero-order valence-corrected chi connectivity index (χ0v) is 15.0. The van der Waals surface area contributed by atoms with Crippen LogP contribution < -0.4 is 5.14 Å². The van der Waals surface area contributed by atoms with E-state index in [1.165, 1.54) is 17.0 Å². The molecule has 0 saturated heterocycles. The molecular weight excluding hydrogens is 340 g/mol. The second-order valence-electron chi connectivity index (χ2n) is 5.52. The van der Waals surface area contributed by atoms with E-state index >= 15 is 0 Å². The Labute approximate surface area is 146 Å². The van der Waals surface area contributed by atoms with Gasteiger partial charge in [0.15, 0.2) is 0 Å². The van der Waals surface area contributed by atoms with Crippen molar-refractivity contribution in [3.63, 3.8) is 0 Å². The highest BCUT2D eigenvalue weighted by molar-refractivity contribution is 7.98. The van der Waals surface area contributed by atoms with Gasteiger partial charge in [0.2, 0.25) is 10.0 Å². The van der Waals surface area contributed by atoms with Crippen LogP contribution in [-0.4, -0.2) is 19.7 Å². The molecule has 0 saturated carbocycles.